The second kappa shape index (κ2) is 9.74. The van der Waals surface area contributed by atoms with Gasteiger partial charge in [-0.3, -0.25) is 4.79 Å². The molecule has 1 aliphatic heterocycles. The molecule has 35 heavy (non-hydrogen) atoms. The molecule has 2 aromatic heterocycles. The van der Waals surface area contributed by atoms with Crippen molar-refractivity contribution in [2.75, 3.05) is 18.9 Å². The molecule has 0 radical (unpaired) electrons. The zero-order valence-electron chi connectivity index (χ0n) is 19.4. The molecule has 174 valence electrons. The number of benzene rings is 2. The zero-order valence-corrected chi connectivity index (χ0v) is 19.4. The summed E-state index contributed by atoms with van der Waals surface area (Å²) in [5.41, 5.74) is 11.6. The van der Waals surface area contributed by atoms with Gasteiger partial charge in [0.25, 0.3) is 5.91 Å². The Morgan fingerprint density at radius 3 is 2.80 bits per heavy atom. The molecule has 7 heteroatoms. The van der Waals surface area contributed by atoms with E-state index in [0.29, 0.717) is 30.0 Å². The summed E-state index contributed by atoms with van der Waals surface area (Å²) in [6, 6.07) is 19.8. The molecule has 0 spiro atoms. The largest absolute Gasteiger partial charge is 0.493 e. The van der Waals surface area contributed by atoms with Crippen LogP contribution in [-0.2, 0) is 19.9 Å². The average Bonchev–Trinajstić information content (AvgIpc) is 3.22. The fraction of sp³-hybridized carbons (Fsp3) is 0.179. The van der Waals surface area contributed by atoms with Crippen LogP contribution in [-0.4, -0.2) is 33.6 Å². The second-order valence-corrected chi connectivity index (χ2v) is 8.31. The van der Waals surface area contributed by atoms with Crippen molar-refractivity contribution in [3.63, 3.8) is 0 Å². The predicted molar refractivity (Wildman–Crippen MR) is 135 cm³/mol. The van der Waals surface area contributed by atoms with Crippen LogP contribution in [0.1, 0.15) is 32.7 Å². The minimum atomic E-state index is -0.0770. The van der Waals surface area contributed by atoms with Crippen LogP contribution in [0.2, 0.25) is 0 Å². The molecule has 0 aliphatic carbocycles. The first kappa shape index (κ1) is 22.2. The minimum Gasteiger partial charge on any atom is -0.493 e. The number of fused-ring (bicyclic) bond motifs is 1. The molecule has 3 heterocycles. The van der Waals surface area contributed by atoms with E-state index < -0.39 is 0 Å². The highest BCUT2D eigenvalue weighted by Gasteiger charge is 2.24. The van der Waals surface area contributed by atoms with Gasteiger partial charge in [-0.2, -0.15) is 0 Å². The molecule has 7 nitrogen and oxygen atoms in total. The first-order valence-corrected chi connectivity index (χ1v) is 11.5. The minimum absolute atomic E-state index is 0.0770. The fourth-order valence-electron chi connectivity index (χ4n) is 4.18. The normalized spacial score (nSPS) is 12.3. The Morgan fingerprint density at radius 2 is 1.97 bits per heavy atom. The standard InChI is InChI=1S/C28H25N5O2/c1-33-24-12-14-30-27(34)23(24)17-25(33)26-21(18-31-28(29)32-26)11-10-20-8-5-9-22(16-20)35-15-13-19-6-3-2-4-7-19/h2-9,16-18H,12-15H2,1H3,(H,30,34)(H2,29,31,32). The Labute approximate surface area is 204 Å². The number of carbonyl (C=O) groups is 1. The predicted octanol–water partition coefficient (Wildman–Crippen LogP) is 3.37. The van der Waals surface area contributed by atoms with Crippen molar-refractivity contribution in [1.82, 2.24) is 19.9 Å². The van der Waals surface area contributed by atoms with Gasteiger partial charge in [-0.05, 0) is 29.8 Å². The number of hydrogen-bond acceptors (Lipinski definition) is 5. The smallest absolute Gasteiger partial charge is 0.253 e. The van der Waals surface area contributed by atoms with Crippen molar-refractivity contribution in [3.05, 3.63) is 94.8 Å². The Kier molecular flexibility index (Phi) is 6.18. The molecule has 1 aliphatic rings. The number of nitrogens with zero attached hydrogens (tertiary/aromatic N) is 3. The van der Waals surface area contributed by atoms with Gasteiger partial charge in [0.1, 0.15) is 11.4 Å². The lowest BCUT2D eigenvalue weighted by molar-refractivity contribution is 0.0945. The number of nitrogens with two attached hydrogens (primary N) is 1. The van der Waals surface area contributed by atoms with Crippen LogP contribution >= 0.6 is 0 Å². The summed E-state index contributed by atoms with van der Waals surface area (Å²) >= 11 is 0. The van der Waals surface area contributed by atoms with Gasteiger partial charge < -0.3 is 20.4 Å². The SMILES string of the molecule is Cn1c(-c2nc(N)ncc2C#Cc2cccc(OCCc3ccccc3)c2)cc2c1CCNC2=O. The van der Waals surface area contributed by atoms with Gasteiger partial charge in [0.05, 0.1) is 23.4 Å². The molecular weight excluding hydrogens is 438 g/mol. The molecule has 2 aromatic carbocycles. The van der Waals surface area contributed by atoms with Gasteiger partial charge in [0, 0.05) is 43.9 Å². The molecule has 0 saturated heterocycles. The molecule has 4 aromatic rings. The number of rotatable bonds is 5. The third-order valence-electron chi connectivity index (χ3n) is 5.98. The third kappa shape index (κ3) is 4.87. The van der Waals surface area contributed by atoms with Gasteiger partial charge in [-0.15, -0.1) is 0 Å². The van der Waals surface area contributed by atoms with E-state index in [1.54, 1.807) is 6.20 Å². The Bertz CT molecular complexity index is 1450. The molecule has 0 unspecified atom stereocenters. The van der Waals surface area contributed by atoms with Crippen molar-refractivity contribution in [3.8, 4) is 29.0 Å². The zero-order chi connectivity index (χ0) is 24.2. The first-order valence-electron chi connectivity index (χ1n) is 11.5. The summed E-state index contributed by atoms with van der Waals surface area (Å²) in [5, 5.41) is 2.88. The molecule has 0 saturated carbocycles. The number of aromatic nitrogens is 3. The van der Waals surface area contributed by atoms with Crippen molar-refractivity contribution in [2.24, 2.45) is 7.05 Å². The Morgan fingerprint density at radius 1 is 1.11 bits per heavy atom. The highest BCUT2D eigenvalue weighted by atomic mass is 16.5. The van der Waals surface area contributed by atoms with Crippen molar-refractivity contribution in [1.29, 1.82) is 0 Å². The van der Waals surface area contributed by atoms with E-state index in [-0.39, 0.29) is 11.9 Å². The average molecular weight is 464 g/mol. The van der Waals surface area contributed by atoms with Crippen LogP contribution in [0.4, 0.5) is 5.95 Å². The third-order valence-corrected chi connectivity index (χ3v) is 5.98. The number of anilines is 1. The van der Waals surface area contributed by atoms with Crippen molar-refractivity contribution in [2.45, 2.75) is 12.8 Å². The number of nitrogen functional groups attached to an aromatic ring is 1. The molecule has 3 N–H and O–H groups in total. The van der Waals surface area contributed by atoms with Crippen molar-refractivity contribution < 1.29 is 9.53 Å². The molecule has 1 amide bonds. The Balaban J connectivity index is 1.39. The number of amides is 1. The fourth-order valence-corrected chi connectivity index (χ4v) is 4.18. The summed E-state index contributed by atoms with van der Waals surface area (Å²) in [4.78, 5) is 20.9. The summed E-state index contributed by atoms with van der Waals surface area (Å²) in [6.45, 7) is 1.20. The lowest BCUT2D eigenvalue weighted by Crippen LogP contribution is -2.31. The van der Waals surface area contributed by atoms with Crippen LogP contribution in [0.25, 0.3) is 11.4 Å². The monoisotopic (exact) mass is 463 g/mol. The van der Waals surface area contributed by atoms with Crippen LogP contribution in [0.15, 0.2) is 66.9 Å². The van der Waals surface area contributed by atoms with E-state index in [4.69, 9.17) is 10.5 Å². The van der Waals surface area contributed by atoms with Gasteiger partial charge in [-0.1, -0.05) is 48.2 Å². The molecule has 0 bridgehead atoms. The Hall–Kier alpha value is -4.57. The van der Waals surface area contributed by atoms with Crippen LogP contribution < -0.4 is 15.8 Å². The topological polar surface area (TPSA) is 95.1 Å². The molecule has 5 rings (SSSR count). The van der Waals surface area contributed by atoms with E-state index in [0.717, 1.165) is 35.5 Å². The number of carbonyl (C=O) groups excluding carboxylic acids is 1. The van der Waals surface area contributed by atoms with Gasteiger partial charge in [0.15, 0.2) is 0 Å². The number of hydrogen-bond donors (Lipinski definition) is 2. The maximum atomic E-state index is 12.3. The van der Waals surface area contributed by atoms with E-state index in [1.807, 2.05) is 60.1 Å². The lowest BCUT2D eigenvalue weighted by Gasteiger charge is -2.14. The van der Waals surface area contributed by atoms with Gasteiger partial charge in [0.2, 0.25) is 5.95 Å². The second-order valence-electron chi connectivity index (χ2n) is 8.31. The number of nitrogens with one attached hydrogen (secondary N) is 1. The van der Waals surface area contributed by atoms with E-state index in [9.17, 15) is 4.79 Å². The van der Waals surface area contributed by atoms with Crippen molar-refractivity contribution >= 4 is 11.9 Å². The first-order chi connectivity index (χ1) is 17.1. The number of ether oxygens (including phenoxy) is 1. The van der Waals surface area contributed by atoms with E-state index in [1.165, 1.54) is 5.56 Å². The lowest BCUT2D eigenvalue weighted by atomic mass is 10.1. The summed E-state index contributed by atoms with van der Waals surface area (Å²) < 4.78 is 7.92. The summed E-state index contributed by atoms with van der Waals surface area (Å²) in [5.74, 6) is 7.22. The summed E-state index contributed by atoms with van der Waals surface area (Å²) in [6.07, 6.45) is 3.22. The molecule has 0 fully saturated rings. The highest BCUT2D eigenvalue weighted by Crippen LogP contribution is 2.28. The molecular formula is C28H25N5O2. The highest BCUT2D eigenvalue weighted by molar-refractivity contribution is 5.98. The quantitative estimate of drug-likeness (QED) is 0.443. The van der Waals surface area contributed by atoms with E-state index in [2.05, 4.69) is 39.3 Å². The van der Waals surface area contributed by atoms with Crippen LogP contribution in [0, 0.1) is 11.8 Å². The van der Waals surface area contributed by atoms with Gasteiger partial charge >= 0.3 is 0 Å². The maximum absolute atomic E-state index is 12.3. The van der Waals surface area contributed by atoms with Crippen LogP contribution in [0.5, 0.6) is 5.75 Å². The van der Waals surface area contributed by atoms with Crippen LogP contribution in [0.3, 0.4) is 0 Å². The maximum Gasteiger partial charge on any atom is 0.253 e. The summed E-state index contributed by atoms with van der Waals surface area (Å²) in [7, 11) is 1.93. The van der Waals surface area contributed by atoms with Gasteiger partial charge in [-0.25, -0.2) is 9.97 Å². The molecule has 0 atom stereocenters. The van der Waals surface area contributed by atoms with E-state index >= 15 is 0 Å².